The molecule has 17 heavy (non-hydrogen) atoms. The first-order valence-corrected chi connectivity index (χ1v) is 6.23. The summed E-state index contributed by atoms with van der Waals surface area (Å²) in [5, 5.41) is 1.34. The third-order valence-corrected chi connectivity index (χ3v) is 3.58. The minimum absolute atomic E-state index is 0.603. The Hall–Kier alpha value is -1.76. The van der Waals surface area contributed by atoms with Crippen molar-refractivity contribution in [2.75, 3.05) is 0 Å². The Morgan fingerprint density at radius 3 is 2.94 bits per heavy atom. The van der Waals surface area contributed by atoms with E-state index in [4.69, 9.17) is 0 Å². The molecule has 3 rings (SSSR count). The van der Waals surface area contributed by atoms with Gasteiger partial charge < -0.3 is 4.98 Å². The number of para-hydroxylation sites is 1. The van der Waals surface area contributed by atoms with Gasteiger partial charge in [0.15, 0.2) is 0 Å². The van der Waals surface area contributed by atoms with Gasteiger partial charge in [0.25, 0.3) is 0 Å². The van der Waals surface area contributed by atoms with E-state index in [2.05, 4.69) is 61.3 Å². The van der Waals surface area contributed by atoms with Gasteiger partial charge in [0.2, 0.25) is 0 Å². The van der Waals surface area contributed by atoms with Crippen LogP contribution in [0.25, 0.3) is 17.0 Å². The Kier molecular flexibility index (Phi) is 2.40. The van der Waals surface area contributed by atoms with Crippen molar-refractivity contribution in [3.8, 4) is 0 Å². The molecule has 0 saturated heterocycles. The van der Waals surface area contributed by atoms with E-state index in [1.807, 2.05) is 0 Å². The third-order valence-electron chi connectivity index (χ3n) is 3.58. The van der Waals surface area contributed by atoms with E-state index in [9.17, 15) is 0 Å². The van der Waals surface area contributed by atoms with Crippen molar-refractivity contribution < 1.29 is 0 Å². The Balaban J connectivity index is 2.23. The summed E-state index contributed by atoms with van der Waals surface area (Å²) >= 11 is 0. The molecule has 0 spiro atoms. The molecule has 0 saturated carbocycles. The number of hydrogen-bond donors (Lipinski definition) is 1. The predicted molar refractivity (Wildman–Crippen MR) is 74.0 cm³/mol. The highest BCUT2D eigenvalue weighted by atomic mass is 14.7. The Labute approximate surface area is 102 Å². The van der Waals surface area contributed by atoms with Crippen LogP contribution in [-0.4, -0.2) is 4.98 Å². The van der Waals surface area contributed by atoms with Crippen LogP contribution in [0.2, 0.25) is 0 Å². The zero-order valence-corrected chi connectivity index (χ0v) is 10.3. The molecule has 1 aliphatic carbocycles. The highest BCUT2D eigenvalue weighted by Crippen LogP contribution is 2.33. The molecule has 1 aliphatic rings. The summed E-state index contributed by atoms with van der Waals surface area (Å²) in [7, 11) is 0. The smallest absolute Gasteiger partial charge is 0.0462 e. The van der Waals surface area contributed by atoms with Crippen molar-refractivity contribution in [2.45, 2.75) is 20.3 Å². The molecule has 2 aromatic rings. The minimum atomic E-state index is 0.603. The molecule has 86 valence electrons. The van der Waals surface area contributed by atoms with Crippen LogP contribution >= 0.6 is 0 Å². The molecule has 1 aromatic heterocycles. The summed E-state index contributed by atoms with van der Waals surface area (Å²) in [6, 6.07) is 8.55. The average Bonchev–Trinajstić information content (AvgIpc) is 2.67. The monoisotopic (exact) mass is 223 g/mol. The molecular weight excluding hydrogens is 206 g/mol. The molecule has 0 amide bonds. The number of H-pyrrole nitrogens is 1. The number of fused-ring (bicyclic) bond motifs is 3. The molecule has 1 aromatic carbocycles. The highest BCUT2D eigenvalue weighted by molar-refractivity contribution is 5.91. The molecule has 1 unspecified atom stereocenters. The van der Waals surface area contributed by atoms with Gasteiger partial charge in [0.05, 0.1) is 0 Å². The van der Waals surface area contributed by atoms with E-state index < -0.39 is 0 Å². The molecule has 1 nitrogen and oxygen atoms in total. The maximum atomic E-state index is 3.54. The average molecular weight is 223 g/mol. The van der Waals surface area contributed by atoms with E-state index in [1.165, 1.54) is 27.7 Å². The Morgan fingerprint density at radius 2 is 2.12 bits per heavy atom. The lowest BCUT2D eigenvalue weighted by Crippen LogP contribution is -2.08. The predicted octanol–water partition coefficient (Wildman–Crippen LogP) is 4.32. The van der Waals surface area contributed by atoms with Crippen molar-refractivity contribution in [3.05, 3.63) is 53.2 Å². The Bertz CT molecular complexity index is 613. The lowest BCUT2D eigenvalue weighted by molar-refractivity contribution is 0.677. The molecule has 1 N–H and O–H groups in total. The quantitative estimate of drug-likeness (QED) is 0.741. The van der Waals surface area contributed by atoms with Crippen LogP contribution < -0.4 is 0 Å². The Morgan fingerprint density at radius 1 is 1.29 bits per heavy atom. The number of aromatic amines is 1. The maximum Gasteiger partial charge on any atom is 0.0462 e. The molecule has 0 fully saturated rings. The van der Waals surface area contributed by atoms with Gasteiger partial charge in [-0.1, -0.05) is 37.3 Å². The third kappa shape index (κ3) is 1.62. The van der Waals surface area contributed by atoms with Gasteiger partial charge in [-0.2, -0.15) is 0 Å². The van der Waals surface area contributed by atoms with Crippen LogP contribution in [0.3, 0.4) is 0 Å². The summed E-state index contributed by atoms with van der Waals surface area (Å²) in [6.45, 7) is 4.37. The summed E-state index contributed by atoms with van der Waals surface area (Å²) in [5.41, 5.74) is 5.45. The molecule has 1 atom stereocenters. The second-order valence-electron chi connectivity index (χ2n) is 4.81. The molecule has 0 radical (unpaired) electrons. The molecule has 0 bridgehead atoms. The van der Waals surface area contributed by atoms with Gasteiger partial charge in [-0.3, -0.25) is 0 Å². The van der Waals surface area contributed by atoms with Crippen LogP contribution in [0.1, 0.15) is 25.1 Å². The SMILES string of the molecule is C/C=C\C1=Cc2c([nH]c3ccccc23)CC1C. The van der Waals surface area contributed by atoms with Crippen molar-refractivity contribution in [1.82, 2.24) is 4.98 Å². The number of rotatable bonds is 1. The number of benzene rings is 1. The topological polar surface area (TPSA) is 15.8 Å². The number of allylic oxidation sites excluding steroid dienone is 3. The largest absolute Gasteiger partial charge is 0.358 e. The summed E-state index contributed by atoms with van der Waals surface area (Å²) in [4.78, 5) is 3.54. The van der Waals surface area contributed by atoms with Crippen LogP contribution in [0.4, 0.5) is 0 Å². The fourth-order valence-corrected chi connectivity index (χ4v) is 2.68. The van der Waals surface area contributed by atoms with Crippen molar-refractivity contribution in [3.63, 3.8) is 0 Å². The molecule has 0 aliphatic heterocycles. The molecular formula is C16H17N. The van der Waals surface area contributed by atoms with Gasteiger partial charge in [-0.25, -0.2) is 0 Å². The molecule has 1 heteroatoms. The van der Waals surface area contributed by atoms with Gasteiger partial charge in [-0.05, 0) is 37.0 Å². The van der Waals surface area contributed by atoms with E-state index in [-0.39, 0.29) is 0 Å². The maximum absolute atomic E-state index is 3.54. The second kappa shape index (κ2) is 3.92. The lowest BCUT2D eigenvalue weighted by Gasteiger charge is -2.18. The second-order valence-corrected chi connectivity index (χ2v) is 4.81. The molecule has 1 heterocycles. The van der Waals surface area contributed by atoms with Crippen LogP contribution in [0.5, 0.6) is 0 Å². The minimum Gasteiger partial charge on any atom is -0.358 e. The summed E-state index contributed by atoms with van der Waals surface area (Å²) in [5.74, 6) is 0.603. The first kappa shape index (κ1) is 10.4. The van der Waals surface area contributed by atoms with Gasteiger partial charge in [-0.15, -0.1) is 0 Å². The van der Waals surface area contributed by atoms with E-state index in [0.717, 1.165) is 6.42 Å². The highest BCUT2D eigenvalue weighted by Gasteiger charge is 2.19. The van der Waals surface area contributed by atoms with Crippen molar-refractivity contribution in [1.29, 1.82) is 0 Å². The van der Waals surface area contributed by atoms with E-state index >= 15 is 0 Å². The number of aromatic nitrogens is 1. The first-order valence-electron chi connectivity index (χ1n) is 6.23. The fraction of sp³-hybridized carbons (Fsp3) is 0.250. The van der Waals surface area contributed by atoms with Crippen LogP contribution in [0.15, 0.2) is 42.0 Å². The van der Waals surface area contributed by atoms with Gasteiger partial charge in [0, 0.05) is 22.2 Å². The van der Waals surface area contributed by atoms with E-state index in [0.29, 0.717) is 5.92 Å². The summed E-state index contributed by atoms with van der Waals surface area (Å²) in [6.07, 6.45) is 7.81. The van der Waals surface area contributed by atoms with Crippen LogP contribution in [-0.2, 0) is 6.42 Å². The first-order chi connectivity index (χ1) is 8.29. The number of nitrogens with one attached hydrogen (secondary N) is 1. The van der Waals surface area contributed by atoms with Gasteiger partial charge in [0.1, 0.15) is 0 Å². The standard InChI is InChI=1S/C16H17N/c1-3-6-12-10-14-13-7-4-5-8-15(13)17-16(14)9-11(12)2/h3-8,10-11,17H,9H2,1-2H3/b6-3-. The zero-order valence-electron chi connectivity index (χ0n) is 10.3. The summed E-state index contributed by atoms with van der Waals surface area (Å²) < 4.78 is 0. The van der Waals surface area contributed by atoms with E-state index in [1.54, 1.807) is 0 Å². The number of hydrogen-bond acceptors (Lipinski definition) is 0. The normalized spacial score (nSPS) is 19.6. The van der Waals surface area contributed by atoms with Gasteiger partial charge >= 0.3 is 0 Å². The van der Waals surface area contributed by atoms with Crippen molar-refractivity contribution >= 4 is 17.0 Å². The lowest BCUT2D eigenvalue weighted by atomic mass is 9.87. The fourth-order valence-electron chi connectivity index (χ4n) is 2.68. The zero-order chi connectivity index (χ0) is 11.8. The van der Waals surface area contributed by atoms with Crippen LogP contribution in [0, 0.1) is 5.92 Å². The van der Waals surface area contributed by atoms with Crippen molar-refractivity contribution in [2.24, 2.45) is 5.92 Å².